The van der Waals surface area contributed by atoms with Gasteiger partial charge in [-0.3, -0.25) is 4.79 Å². The second-order valence-corrected chi connectivity index (χ2v) is 8.99. The Morgan fingerprint density at radius 3 is 2.67 bits per heavy atom. The van der Waals surface area contributed by atoms with E-state index >= 15 is 0 Å². The van der Waals surface area contributed by atoms with Crippen molar-refractivity contribution in [3.05, 3.63) is 29.8 Å². The topological polar surface area (TPSA) is 66.8 Å². The first-order chi connectivity index (χ1) is 11.1. The summed E-state index contributed by atoms with van der Waals surface area (Å²) >= 11 is 1.12. The van der Waals surface area contributed by atoms with Crippen LogP contribution in [0.1, 0.15) is 12.5 Å². The van der Waals surface area contributed by atoms with Crippen molar-refractivity contribution in [2.75, 3.05) is 16.4 Å². The lowest BCUT2D eigenvalue weighted by molar-refractivity contribution is -0.137. The fraction of sp³-hybridized carbons (Fsp3) is 0.429. The smallest absolute Gasteiger partial charge is 0.316 e. The molecule has 2 fully saturated rings. The Labute approximate surface area is 140 Å². The summed E-state index contributed by atoms with van der Waals surface area (Å²) in [5, 5.41) is -0.102. The number of halogens is 3. The highest BCUT2D eigenvalue weighted by Gasteiger charge is 2.49. The zero-order valence-corrected chi connectivity index (χ0v) is 14.1. The molecule has 3 rings (SSSR count). The number of nitrogens with zero attached hydrogens (tertiary/aromatic N) is 2. The van der Waals surface area contributed by atoms with Crippen LogP contribution in [0.25, 0.3) is 0 Å². The SMILES string of the molecule is CC(=O)N=C1S[C@H]2CS(=O)(=O)C[C@@H]2N1c1cccc(C(F)(F)F)c1. The van der Waals surface area contributed by atoms with Crippen molar-refractivity contribution in [3.63, 3.8) is 0 Å². The van der Waals surface area contributed by atoms with E-state index < -0.39 is 33.5 Å². The van der Waals surface area contributed by atoms with Gasteiger partial charge >= 0.3 is 6.18 Å². The zero-order valence-electron chi connectivity index (χ0n) is 12.4. The van der Waals surface area contributed by atoms with Gasteiger partial charge in [-0.1, -0.05) is 17.8 Å². The lowest BCUT2D eigenvalue weighted by atomic mass is 10.1. The molecule has 0 saturated carbocycles. The number of sulfone groups is 1. The molecule has 1 aromatic carbocycles. The highest BCUT2D eigenvalue weighted by Crippen LogP contribution is 2.42. The minimum atomic E-state index is -4.51. The third kappa shape index (κ3) is 3.30. The van der Waals surface area contributed by atoms with Crippen LogP contribution < -0.4 is 4.90 Å². The van der Waals surface area contributed by atoms with Crippen molar-refractivity contribution in [2.24, 2.45) is 4.99 Å². The van der Waals surface area contributed by atoms with Gasteiger partial charge in [-0.2, -0.15) is 18.2 Å². The number of amidine groups is 1. The van der Waals surface area contributed by atoms with Crippen molar-refractivity contribution in [2.45, 2.75) is 24.4 Å². The van der Waals surface area contributed by atoms with Gasteiger partial charge in [0.1, 0.15) is 0 Å². The third-order valence-electron chi connectivity index (χ3n) is 3.77. The van der Waals surface area contributed by atoms with Gasteiger partial charge in [-0.15, -0.1) is 0 Å². The number of thioether (sulfide) groups is 1. The predicted octanol–water partition coefficient (Wildman–Crippen LogP) is 2.33. The molecule has 2 aliphatic heterocycles. The molecular formula is C14H13F3N2O3S2. The summed E-state index contributed by atoms with van der Waals surface area (Å²) in [6.45, 7) is 1.24. The van der Waals surface area contributed by atoms with Crippen LogP contribution in [0, 0.1) is 0 Å². The van der Waals surface area contributed by atoms with Crippen LogP contribution in [0.2, 0.25) is 0 Å². The number of carbonyl (C=O) groups excluding carboxylic acids is 1. The summed E-state index contributed by atoms with van der Waals surface area (Å²) in [6, 6.07) is 4.08. The first kappa shape index (κ1) is 17.3. The number of rotatable bonds is 1. The molecule has 5 nitrogen and oxygen atoms in total. The number of hydrogen-bond acceptors (Lipinski definition) is 4. The van der Waals surface area contributed by atoms with Gasteiger partial charge in [0.25, 0.3) is 0 Å². The van der Waals surface area contributed by atoms with Crippen molar-refractivity contribution < 1.29 is 26.4 Å². The van der Waals surface area contributed by atoms with E-state index in [4.69, 9.17) is 0 Å². The summed E-state index contributed by atoms with van der Waals surface area (Å²) in [6.07, 6.45) is -4.51. The second kappa shape index (κ2) is 5.76. The second-order valence-electron chi connectivity index (χ2n) is 5.63. The molecule has 10 heteroatoms. The van der Waals surface area contributed by atoms with E-state index in [1.54, 1.807) is 0 Å². The minimum Gasteiger partial charge on any atom is -0.316 e. The third-order valence-corrected chi connectivity index (χ3v) is 6.98. The van der Waals surface area contributed by atoms with Crippen LogP contribution in [0.5, 0.6) is 0 Å². The fourth-order valence-electron chi connectivity index (χ4n) is 2.83. The lowest BCUT2D eigenvalue weighted by Gasteiger charge is -2.25. The lowest BCUT2D eigenvalue weighted by Crippen LogP contribution is -2.37. The molecule has 0 radical (unpaired) electrons. The zero-order chi connectivity index (χ0) is 17.7. The maximum atomic E-state index is 12.9. The molecule has 2 heterocycles. The van der Waals surface area contributed by atoms with E-state index in [1.165, 1.54) is 24.0 Å². The van der Waals surface area contributed by atoms with Gasteiger partial charge in [0.05, 0.1) is 23.1 Å². The van der Waals surface area contributed by atoms with Crippen molar-refractivity contribution >= 4 is 38.4 Å². The molecule has 130 valence electrons. The highest BCUT2D eigenvalue weighted by molar-refractivity contribution is 8.16. The average molecular weight is 378 g/mol. The van der Waals surface area contributed by atoms with E-state index in [0.29, 0.717) is 0 Å². The van der Waals surface area contributed by atoms with E-state index in [0.717, 1.165) is 23.9 Å². The molecular weight excluding hydrogens is 365 g/mol. The van der Waals surface area contributed by atoms with E-state index in [-0.39, 0.29) is 27.6 Å². The minimum absolute atomic E-state index is 0.0747. The van der Waals surface area contributed by atoms with Crippen LogP contribution in [0.4, 0.5) is 18.9 Å². The van der Waals surface area contributed by atoms with Crippen molar-refractivity contribution in [3.8, 4) is 0 Å². The van der Waals surface area contributed by atoms with Gasteiger partial charge < -0.3 is 4.90 Å². The van der Waals surface area contributed by atoms with Gasteiger partial charge in [-0.25, -0.2) is 8.42 Å². The number of hydrogen-bond donors (Lipinski definition) is 0. The van der Waals surface area contributed by atoms with Gasteiger partial charge in [0.15, 0.2) is 15.0 Å². The summed E-state index contributed by atoms with van der Waals surface area (Å²) < 4.78 is 62.5. The Morgan fingerprint density at radius 1 is 1.33 bits per heavy atom. The molecule has 24 heavy (non-hydrogen) atoms. The number of aliphatic imine (C=N–C) groups is 1. The number of fused-ring (bicyclic) bond motifs is 1. The molecule has 0 aromatic heterocycles. The number of benzene rings is 1. The summed E-state index contributed by atoms with van der Waals surface area (Å²) in [7, 11) is -3.26. The van der Waals surface area contributed by atoms with Crippen LogP contribution in [0.15, 0.2) is 29.3 Å². The standard InChI is InChI=1S/C14H13F3N2O3S2/c1-8(20)18-13-19(11-6-24(21,22)7-12(11)23-13)10-4-2-3-9(5-10)14(15,16)17/h2-5,11-12H,6-7H2,1H3/t11-,12-/m0/s1. The van der Waals surface area contributed by atoms with Crippen molar-refractivity contribution in [1.29, 1.82) is 0 Å². The molecule has 1 aromatic rings. The maximum absolute atomic E-state index is 12.9. The Morgan fingerprint density at radius 2 is 2.04 bits per heavy atom. The molecule has 0 aliphatic carbocycles. The fourth-order valence-corrected chi connectivity index (χ4v) is 6.79. The molecule has 0 spiro atoms. The molecule has 0 bridgehead atoms. The quantitative estimate of drug-likeness (QED) is 0.750. The molecule has 2 saturated heterocycles. The summed E-state index contributed by atoms with van der Waals surface area (Å²) in [5.41, 5.74) is -0.654. The number of alkyl halides is 3. The van der Waals surface area contributed by atoms with Crippen LogP contribution >= 0.6 is 11.8 Å². The molecule has 2 atom stereocenters. The average Bonchev–Trinajstić information content (AvgIpc) is 2.88. The molecule has 0 N–H and O–H groups in total. The van der Waals surface area contributed by atoms with Crippen LogP contribution in [-0.4, -0.2) is 42.3 Å². The Kier molecular flexibility index (Phi) is 4.15. The van der Waals surface area contributed by atoms with Gasteiger partial charge in [0, 0.05) is 17.9 Å². The summed E-state index contributed by atoms with van der Waals surface area (Å²) in [4.78, 5) is 16.6. The predicted molar refractivity (Wildman–Crippen MR) is 85.9 cm³/mol. The molecule has 0 unspecified atom stereocenters. The normalized spacial score (nSPS) is 27.5. The van der Waals surface area contributed by atoms with E-state index in [9.17, 15) is 26.4 Å². The number of amides is 1. The monoisotopic (exact) mass is 378 g/mol. The first-order valence-electron chi connectivity index (χ1n) is 7.00. The Bertz CT molecular complexity index is 821. The summed E-state index contributed by atoms with van der Waals surface area (Å²) in [5.74, 6) is -0.732. The Balaban J connectivity index is 2.06. The number of carbonyl (C=O) groups is 1. The van der Waals surface area contributed by atoms with Crippen molar-refractivity contribution in [1.82, 2.24) is 0 Å². The van der Waals surface area contributed by atoms with Crippen LogP contribution in [-0.2, 0) is 20.8 Å². The van der Waals surface area contributed by atoms with E-state index in [2.05, 4.69) is 4.99 Å². The first-order valence-corrected chi connectivity index (χ1v) is 9.70. The Hall–Kier alpha value is -1.55. The van der Waals surface area contributed by atoms with Gasteiger partial charge in [-0.05, 0) is 18.2 Å². The van der Waals surface area contributed by atoms with Crippen LogP contribution in [0.3, 0.4) is 0 Å². The molecule has 1 amide bonds. The largest absolute Gasteiger partial charge is 0.416 e. The number of anilines is 1. The molecule has 2 aliphatic rings. The van der Waals surface area contributed by atoms with Gasteiger partial charge in [0.2, 0.25) is 5.91 Å². The maximum Gasteiger partial charge on any atom is 0.416 e. The highest BCUT2D eigenvalue weighted by atomic mass is 32.2. The van der Waals surface area contributed by atoms with E-state index in [1.807, 2.05) is 0 Å².